The van der Waals surface area contributed by atoms with Crippen LogP contribution in [-0.2, 0) is 4.79 Å². The molecular weight excluding hydrogens is 204 g/mol. The van der Waals surface area contributed by atoms with Crippen LogP contribution in [0.5, 0.6) is 0 Å². The molecule has 2 heterocycles. The van der Waals surface area contributed by atoms with Crippen molar-refractivity contribution in [3.8, 4) is 0 Å². The molecule has 0 aromatic rings. The van der Waals surface area contributed by atoms with Crippen LogP contribution in [0.4, 0.5) is 0 Å². The molecule has 4 heteroatoms. The van der Waals surface area contributed by atoms with Gasteiger partial charge in [-0.25, -0.2) is 0 Å². The highest BCUT2D eigenvalue weighted by molar-refractivity contribution is 5.67. The topological polar surface area (TPSA) is 52.6 Å². The molecule has 4 atom stereocenters. The maximum atomic E-state index is 10.8. The smallest absolute Gasteiger partial charge is 0.304 e. The standard InChI is InChI=1S/C12H22N2O2/c1-3-11-10-6-13-5-9(10)7-14(11)8(2)4-12(15)16/h8-11,13H,3-7H2,1-2H3,(H,15,16). The molecule has 0 bridgehead atoms. The third-order valence-electron chi connectivity index (χ3n) is 4.21. The highest BCUT2D eigenvalue weighted by atomic mass is 16.4. The van der Waals surface area contributed by atoms with E-state index in [-0.39, 0.29) is 12.5 Å². The number of fused-ring (bicyclic) bond motifs is 1. The zero-order valence-electron chi connectivity index (χ0n) is 10.1. The molecule has 2 aliphatic rings. The van der Waals surface area contributed by atoms with E-state index in [9.17, 15) is 4.79 Å². The van der Waals surface area contributed by atoms with E-state index < -0.39 is 5.97 Å². The second-order valence-corrected chi connectivity index (χ2v) is 5.20. The molecule has 0 radical (unpaired) electrons. The minimum atomic E-state index is -0.683. The average molecular weight is 226 g/mol. The molecule has 2 aliphatic heterocycles. The number of likely N-dealkylation sites (tertiary alicyclic amines) is 1. The second-order valence-electron chi connectivity index (χ2n) is 5.20. The van der Waals surface area contributed by atoms with E-state index in [1.54, 1.807) is 0 Å². The van der Waals surface area contributed by atoms with Crippen molar-refractivity contribution in [3.05, 3.63) is 0 Å². The first-order valence-electron chi connectivity index (χ1n) is 6.31. The monoisotopic (exact) mass is 226 g/mol. The van der Waals surface area contributed by atoms with Crippen molar-refractivity contribution in [1.82, 2.24) is 10.2 Å². The van der Waals surface area contributed by atoms with Gasteiger partial charge in [0.1, 0.15) is 0 Å². The van der Waals surface area contributed by atoms with Gasteiger partial charge in [0, 0.05) is 18.6 Å². The van der Waals surface area contributed by atoms with Gasteiger partial charge in [-0.05, 0) is 38.3 Å². The van der Waals surface area contributed by atoms with Gasteiger partial charge in [-0.2, -0.15) is 0 Å². The Labute approximate surface area is 97.0 Å². The van der Waals surface area contributed by atoms with Crippen LogP contribution in [0.1, 0.15) is 26.7 Å². The van der Waals surface area contributed by atoms with Gasteiger partial charge in [-0.3, -0.25) is 9.69 Å². The molecular formula is C12H22N2O2. The lowest BCUT2D eigenvalue weighted by Gasteiger charge is -2.31. The average Bonchev–Trinajstić information content (AvgIpc) is 2.74. The molecule has 0 aromatic heterocycles. The number of hydrogen-bond acceptors (Lipinski definition) is 3. The number of nitrogens with one attached hydrogen (secondary N) is 1. The minimum absolute atomic E-state index is 0.174. The number of carboxylic acid groups (broad SMARTS) is 1. The molecule has 0 aromatic carbocycles. The van der Waals surface area contributed by atoms with Gasteiger partial charge in [-0.15, -0.1) is 0 Å². The Morgan fingerprint density at radius 2 is 2.31 bits per heavy atom. The number of aliphatic carboxylic acids is 1. The van der Waals surface area contributed by atoms with Crippen LogP contribution < -0.4 is 5.32 Å². The first kappa shape index (κ1) is 11.9. The van der Waals surface area contributed by atoms with E-state index >= 15 is 0 Å². The molecule has 0 saturated carbocycles. The van der Waals surface area contributed by atoms with E-state index in [0.29, 0.717) is 6.04 Å². The molecule has 16 heavy (non-hydrogen) atoms. The first-order chi connectivity index (χ1) is 7.63. The quantitative estimate of drug-likeness (QED) is 0.744. The third kappa shape index (κ3) is 2.09. The van der Waals surface area contributed by atoms with Crippen molar-refractivity contribution in [2.75, 3.05) is 19.6 Å². The maximum Gasteiger partial charge on any atom is 0.304 e. The van der Waals surface area contributed by atoms with Gasteiger partial charge < -0.3 is 10.4 Å². The lowest BCUT2D eigenvalue weighted by Crippen LogP contribution is -2.41. The highest BCUT2D eigenvalue weighted by Gasteiger charge is 2.44. The van der Waals surface area contributed by atoms with Gasteiger partial charge in [-0.1, -0.05) is 6.92 Å². The van der Waals surface area contributed by atoms with Crippen LogP contribution in [-0.4, -0.2) is 47.7 Å². The molecule has 2 fully saturated rings. The Balaban J connectivity index is 2.02. The summed E-state index contributed by atoms with van der Waals surface area (Å²) >= 11 is 0. The Morgan fingerprint density at radius 3 is 2.94 bits per heavy atom. The number of nitrogens with zero attached hydrogens (tertiary/aromatic N) is 1. The number of carbonyl (C=O) groups is 1. The van der Waals surface area contributed by atoms with E-state index in [1.165, 1.54) is 0 Å². The van der Waals surface area contributed by atoms with Crippen molar-refractivity contribution in [1.29, 1.82) is 0 Å². The molecule has 0 spiro atoms. The maximum absolute atomic E-state index is 10.8. The van der Waals surface area contributed by atoms with Crippen molar-refractivity contribution < 1.29 is 9.90 Å². The molecule has 92 valence electrons. The first-order valence-corrected chi connectivity index (χ1v) is 6.31. The fourth-order valence-corrected chi connectivity index (χ4v) is 3.47. The summed E-state index contributed by atoms with van der Waals surface area (Å²) in [5.41, 5.74) is 0. The van der Waals surface area contributed by atoms with Crippen LogP contribution in [0, 0.1) is 11.8 Å². The van der Waals surface area contributed by atoms with Gasteiger partial charge in [0.25, 0.3) is 0 Å². The zero-order chi connectivity index (χ0) is 11.7. The molecule has 0 aliphatic carbocycles. The highest BCUT2D eigenvalue weighted by Crippen LogP contribution is 2.35. The zero-order valence-corrected chi connectivity index (χ0v) is 10.1. The summed E-state index contributed by atoms with van der Waals surface area (Å²) in [4.78, 5) is 13.2. The Morgan fingerprint density at radius 1 is 1.56 bits per heavy atom. The second kappa shape index (κ2) is 4.72. The summed E-state index contributed by atoms with van der Waals surface area (Å²) in [6.07, 6.45) is 1.40. The summed E-state index contributed by atoms with van der Waals surface area (Å²) in [5, 5.41) is 12.3. The number of carboxylic acids is 1. The fourth-order valence-electron chi connectivity index (χ4n) is 3.47. The molecule has 4 nitrogen and oxygen atoms in total. The largest absolute Gasteiger partial charge is 0.481 e. The number of hydrogen-bond donors (Lipinski definition) is 2. The summed E-state index contributed by atoms with van der Waals surface area (Å²) < 4.78 is 0. The summed E-state index contributed by atoms with van der Waals surface area (Å²) in [6.45, 7) is 7.55. The van der Waals surface area contributed by atoms with Gasteiger partial charge in [0.15, 0.2) is 0 Å². The van der Waals surface area contributed by atoms with E-state index in [0.717, 1.165) is 37.9 Å². The Kier molecular flexibility index (Phi) is 3.50. The summed E-state index contributed by atoms with van der Waals surface area (Å²) in [6, 6.07) is 0.752. The van der Waals surface area contributed by atoms with Crippen molar-refractivity contribution in [3.63, 3.8) is 0 Å². The predicted octanol–water partition coefficient (Wildman–Crippen LogP) is 0.779. The molecule has 2 rings (SSSR count). The van der Waals surface area contributed by atoms with Crippen LogP contribution in [0.25, 0.3) is 0 Å². The van der Waals surface area contributed by atoms with Gasteiger partial charge >= 0.3 is 5.97 Å². The van der Waals surface area contributed by atoms with Crippen LogP contribution >= 0.6 is 0 Å². The third-order valence-corrected chi connectivity index (χ3v) is 4.21. The summed E-state index contributed by atoms with van der Waals surface area (Å²) in [5.74, 6) is 0.792. The lowest BCUT2D eigenvalue weighted by atomic mass is 9.92. The minimum Gasteiger partial charge on any atom is -0.481 e. The SMILES string of the molecule is CCC1C2CNCC2CN1C(C)CC(=O)O. The fraction of sp³-hybridized carbons (Fsp3) is 0.917. The van der Waals surface area contributed by atoms with Crippen molar-refractivity contribution in [2.45, 2.75) is 38.8 Å². The van der Waals surface area contributed by atoms with Crippen molar-refractivity contribution >= 4 is 5.97 Å². The Hall–Kier alpha value is -0.610. The van der Waals surface area contributed by atoms with E-state index in [2.05, 4.69) is 17.1 Å². The molecule has 0 amide bonds. The molecule has 4 unspecified atom stereocenters. The van der Waals surface area contributed by atoms with E-state index in [4.69, 9.17) is 5.11 Å². The lowest BCUT2D eigenvalue weighted by molar-refractivity contribution is -0.138. The molecule has 2 saturated heterocycles. The normalized spacial score (nSPS) is 36.2. The summed E-state index contributed by atoms with van der Waals surface area (Å²) in [7, 11) is 0. The Bertz CT molecular complexity index is 270. The predicted molar refractivity (Wildman–Crippen MR) is 62.3 cm³/mol. The van der Waals surface area contributed by atoms with Crippen LogP contribution in [0.2, 0.25) is 0 Å². The molecule has 2 N–H and O–H groups in total. The van der Waals surface area contributed by atoms with E-state index in [1.807, 2.05) is 6.92 Å². The van der Waals surface area contributed by atoms with Crippen LogP contribution in [0.15, 0.2) is 0 Å². The van der Waals surface area contributed by atoms with Crippen molar-refractivity contribution in [2.24, 2.45) is 11.8 Å². The number of rotatable bonds is 4. The van der Waals surface area contributed by atoms with Gasteiger partial charge in [0.05, 0.1) is 6.42 Å². The van der Waals surface area contributed by atoms with Crippen LogP contribution in [0.3, 0.4) is 0 Å². The van der Waals surface area contributed by atoms with Gasteiger partial charge in [0.2, 0.25) is 0 Å².